The maximum absolute atomic E-state index is 11.9. The zero-order valence-electron chi connectivity index (χ0n) is 11.1. The van der Waals surface area contributed by atoms with Crippen LogP contribution in [0.2, 0.25) is 0 Å². The normalized spacial score (nSPS) is 20.8. The van der Waals surface area contributed by atoms with Gasteiger partial charge >= 0.3 is 0 Å². The van der Waals surface area contributed by atoms with Crippen LogP contribution < -0.4 is 10.6 Å². The summed E-state index contributed by atoms with van der Waals surface area (Å²) < 4.78 is 0. The van der Waals surface area contributed by atoms with Crippen LogP contribution in [-0.4, -0.2) is 48.9 Å². The quantitative estimate of drug-likeness (QED) is 0.731. The average Bonchev–Trinajstić information content (AvgIpc) is 3.13. The second kappa shape index (κ2) is 6.18. The highest BCUT2D eigenvalue weighted by Crippen LogP contribution is 2.27. The molecule has 1 aliphatic heterocycles. The Kier molecular flexibility index (Phi) is 4.58. The van der Waals surface area contributed by atoms with Gasteiger partial charge in [-0.25, -0.2) is 0 Å². The molecule has 5 heteroatoms. The van der Waals surface area contributed by atoms with Crippen molar-refractivity contribution in [2.24, 2.45) is 5.92 Å². The number of amides is 2. The minimum absolute atomic E-state index is 0.0193. The number of hydrogen-bond acceptors (Lipinski definition) is 3. The number of nitrogens with one attached hydrogen (secondary N) is 2. The van der Waals surface area contributed by atoms with Crippen molar-refractivity contribution >= 4 is 11.8 Å². The molecule has 2 rings (SSSR count). The fourth-order valence-corrected chi connectivity index (χ4v) is 2.38. The number of rotatable bonds is 5. The van der Waals surface area contributed by atoms with Crippen LogP contribution in [0.1, 0.15) is 32.6 Å². The van der Waals surface area contributed by atoms with Crippen molar-refractivity contribution in [1.82, 2.24) is 15.5 Å². The van der Waals surface area contributed by atoms with E-state index in [1.165, 1.54) is 12.8 Å². The van der Waals surface area contributed by atoms with Crippen LogP contribution in [0.3, 0.4) is 0 Å². The molecule has 0 spiro atoms. The van der Waals surface area contributed by atoms with Gasteiger partial charge in [0, 0.05) is 26.1 Å². The molecule has 0 radical (unpaired) electrons. The Balaban J connectivity index is 1.61. The molecule has 2 amide bonds. The van der Waals surface area contributed by atoms with Gasteiger partial charge < -0.3 is 15.5 Å². The molecular weight excluding hydrogens is 230 g/mol. The first-order valence-electron chi connectivity index (χ1n) is 6.90. The third-order valence-corrected chi connectivity index (χ3v) is 3.66. The molecular formula is C13H23N3O2. The Morgan fingerprint density at radius 3 is 2.39 bits per heavy atom. The van der Waals surface area contributed by atoms with Gasteiger partial charge in [-0.2, -0.15) is 0 Å². The van der Waals surface area contributed by atoms with Crippen LogP contribution in [0.5, 0.6) is 0 Å². The van der Waals surface area contributed by atoms with Crippen LogP contribution in [0.15, 0.2) is 0 Å². The lowest BCUT2D eigenvalue weighted by atomic mass is 10.1. The Labute approximate surface area is 108 Å². The summed E-state index contributed by atoms with van der Waals surface area (Å²) in [5, 5.41) is 6.14. The lowest BCUT2D eigenvalue weighted by Crippen LogP contribution is -2.48. The number of carbonyl (C=O) groups excluding carboxylic acids is 2. The van der Waals surface area contributed by atoms with E-state index in [1.54, 1.807) is 6.92 Å². The van der Waals surface area contributed by atoms with Gasteiger partial charge in [0.2, 0.25) is 11.8 Å². The summed E-state index contributed by atoms with van der Waals surface area (Å²) in [7, 11) is 0. The summed E-state index contributed by atoms with van der Waals surface area (Å²) in [5.74, 6) is 1.02. The molecule has 5 nitrogen and oxygen atoms in total. The highest BCUT2D eigenvalue weighted by molar-refractivity contribution is 5.78. The van der Waals surface area contributed by atoms with Gasteiger partial charge in [-0.15, -0.1) is 0 Å². The number of nitrogens with zero attached hydrogens (tertiary/aromatic N) is 1. The molecule has 1 saturated heterocycles. The van der Waals surface area contributed by atoms with E-state index < -0.39 is 0 Å². The Morgan fingerprint density at radius 2 is 1.83 bits per heavy atom. The van der Waals surface area contributed by atoms with E-state index >= 15 is 0 Å². The summed E-state index contributed by atoms with van der Waals surface area (Å²) in [5.41, 5.74) is 0. The van der Waals surface area contributed by atoms with E-state index in [0.29, 0.717) is 6.54 Å². The molecule has 0 bridgehead atoms. The van der Waals surface area contributed by atoms with E-state index in [-0.39, 0.29) is 17.9 Å². The van der Waals surface area contributed by atoms with E-state index in [2.05, 4.69) is 10.6 Å². The molecule has 1 heterocycles. The molecule has 18 heavy (non-hydrogen) atoms. The summed E-state index contributed by atoms with van der Waals surface area (Å²) in [6.07, 6.45) is 4.36. The highest BCUT2D eigenvalue weighted by Gasteiger charge is 2.24. The average molecular weight is 253 g/mol. The van der Waals surface area contributed by atoms with Crippen LogP contribution in [0.25, 0.3) is 0 Å². The Bertz CT molecular complexity index is 307. The van der Waals surface area contributed by atoms with Crippen molar-refractivity contribution in [2.75, 3.05) is 26.2 Å². The van der Waals surface area contributed by atoms with E-state index in [1.807, 2.05) is 4.90 Å². The molecule has 102 valence electrons. The minimum atomic E-state index is 0.0193. The molecule has 2 N–H and O–H groups in total. The van der Waals surface area contributed by atoms with Crippen molar-refractivity contribution in [3.8, 4) is 0 Å². The molecule has 0 aromatic rings. The zero-order valence-corrected chi connectivity index (χ0v) is 11.1. The third-order valence-electron chi connectivity index (χ3n) is 3.66. The summed E-state index contributed by atoms with van der Waals surface area (Å²) >= 11 is 0. The standard InChI is InChI=1S/C13H23N3O2/c1-10(17)15-12-4-6-16(7-5-12)13(18)9-14-8-11-2-3-11/h11-12,14H,2-9H2,1H3,(H,15,17). The number of carbonyl (C=O) groups is 2. The maximum atomic E-state index is 11.9. The predicted octanol–water partition coefficient (Wildman–Crippen LogP) is 0.113. The van der Waals surface area contributed by atoms with E-state index in [0.717, 1.165) is 38.4 Å². The van der Waals surface area contributed by atoms with Gasteiger partial charge in [-0.3, -0.25) is 9.59 Å². The number of piperidine rings is 1. The monoisotopic (exact) mass is 253 g/mol. The topological polar surface area (TPSA) is 61.4 Å². The van der Waals surface area contributed by atoms with E-state index in [4.69, 9.17) is 0 Å². The van der Waals surface area contributed by atoms with Crippen LogP contribution in [0, 0.1) is 5.92 Å². The lowest BCUT2D eigenvalue weighted by molar-refractivity contribution is -0.131. The van der Waals surface area contributed by atoms with Crippen LogP contribution in [0.4, 0.5) is 0 Å². The summed E-state index contributed by atoms with van der Waals surface area (Å²) in [6.45, 7) is 4.50. The Morgan fingerprint density at radius 1 is 1.17 bits per heavy atom. The summed E-state index contributed by atoms with van der Waals surface area (Å²) in [4.78, 5) is 24.7. The van der Waals surface area contributed by atoms with Crippen LogP contribution in [-0.2, 0) is 9.59 Å². The van der Waals surface area contributed by atoms with Gasteiger partial charge in [-0.05, 0) is 38.1 Å². The smallest absolute Gasteiger partial charge is 0.236 e. The molecule has 0 atom stereocenters. The molecule has 1 aliphatic carbocycles. The van der Waals surface area contributed by atoms with Crippen molar-refractivity contribution in [3.05, 3.63) is 0 Å². The fourth-order valence-electron chi connectivity index (χ4n) is 2.38. The zero-order chi connectivity index (χ0) is 13.0. The van der Waals surface area contributed by atoms with Gasteiger partial charge in [0.25, 0.3) is 0 Å². The van der Waals surface area contributed by atoms with Crippen molar-refractivity contribution in [2.45, 2.75) is 38.6 Å². The minimum Gasteiger partial charge on any atom is -0.353 e. The second-order valence-corrected chi connectivity index (χ2v) is 5.43. The first-order valence-corrected chi connectivity index (χ1v) is 6.90. The number of hydrogen-bond donors (Lipinski definition) is 2. The summed E-state index contributed by atoms with van der Waals surface area (Å²) in [6, 6.07) is 0.242. The van der Waals surface area contributed by atoms with Gasteiger partial charge in [0.15, 0.2) is 0 Å². The fraction of sp³-hybridized carbons (Fsp3) is 0.846. The first-order chi connectivity index (χ1) is 8.65. The van der Waals surface area contributed by atoms with Crippen LogP contribution >= 0.6 is 0 Å². The Hall–Kier alpha value is -1.10. The lowest BCUT2D eigenvalue weighted by Gasteiger charge is -2.32. The van der Waals surface area contributed by atoms with Crippen molar-refractivity contribution < 1.29 is 9.59 Å². The molecule has 2 aliphatic rings. The molecule has 0 aromatic carbocycles. The van der Waals surface area contributed by atoms with Crippen molar-refractivity contribution in [3.63, 3.8) is 0 Å². The van der Waals surface area contributed by atoms with Gasteiger partial charge in [0.1, 0.15) is 0 Å². The SMILES string of the molecule is CC(=O)NC1CCN(C(=O)CNCC2CC2)CC1. The molecule has 2 fully saturated rings. The molecule has 0 aromatic heterocycles. The number of likely N-dealkylation sites (tertiary alicyclic amines) is 1. The largest absolute Gasteiger partial charge is 0.353 e. The van der Waals surface area contributed by atoms with E-state index in [9.17, 15) is 9.59 Å². The maximum Gasteiger partial charge on any atom is 0.236 e. The molecule has 0 unspecified atom stereocenters. The van der Waals surface area contributed by atoms with Gasteiger partial charge in [0.05, 0.1) is 6.54 Å². The second-order valence-electron chi connectivity index (χ2n) is 5.43. The van der Waals surface area contributed by atoms with Gasteiger partial charge in [-0.1, -0.05) is 0 Å². The predicted molar refractivity (Wildman–Crippen MR) is 69.0 cm³/mol. The highest BCUT2D eigenvalue weighted by atomic mass is 16.2. The van der Waals surface area contributed by atoms with Crippen molar-refractivity contribution in [1.29, 1.82) is 0 Å². The first kappa shape index (κ1) is 13.3. The third kappa shape index (κ3) is 4.29. The molecule has 1 saturated carbocycles.